The van der Waals surface area contributed by atoms with Gasteiger partial charge in [-0.3, -0.25) is 0 Å². The van der Waals surface area contributed by atoms with Crippen LogP contribution in [-0.2, 0) is 15.7 Å². The lowest BCUT2D eigenvalue weighted by Gasteiger charge is -2.32. The fraction of sp³-hybridized carbons (Fsp3) is 0.190. The Morgan fingerprint density at radius 1 is 0.625 bits per heavy atom. The molecule has 0 unspecified atom stereocenters. The summed E-state index contributed by atoms with van der Waals surface area (Å²) in [6.45, 7) is 8.39. The van der Waals surface area contributed by atoms with Gasteiger partial charge < -0.3 is 22.7 Å². The van der Waals surface area contributed by atoms with Gasteiger partial charge in [0.1, 0.15) is 16.9 Å². The third kappa shape index (κ3) is 3.93. The van der Waals surface area contributed by atoms with Crippen LogP contribution >= 0.6 is 0 Å². The summed E-state index contributed by atoms with van der Waals surface area (Å²) in [6, 6.07) is 34.6. The monoisotopic (exact) mass is 627 g/mol. The number of aryl methyl sites for hydroxylation is 1. The van der Waals surface area contributed by atoms with Crippen LogP contribution in [0.1, 0.15) is 45.4 Å². The van der Waals surface area contributed by atoms with Gasteiger partial charge in [-0.25, -0.2) is 0 Å². The second kappa shape index (κ2) is 9.76. The highest BCUT2D eigenvalue weighted by molar-refractivity contribution is 6.62. The molecule has 0 spiro atoms. The van der Waals surface area contributed by atoms with E-state index in [9.17, 15) is 0 Å². The van der Waals surface area contributed by atoms with Crippen LogP contribution in [0.3, 0.4) is 0 Å². The first-order valence-electron chi connectivity index (χ1n) is 16.8. The molecule has 0 amide bonds. The van der Waals surface area contributed by atoms with Gasteiger partial charge >= 0.3 is 7.12 Å². The predicted molar refractivity (Wildman–Crippen MR) is 196 cm³/mol. The van der Waals surface area contributed by atoms with Crippen molar-refractivity contribution >= 4 is 73.4 Å². The Morgan fingerprint density at radius 2 is 1.33 bits per heavy atom. The first-order valence-corrected chi connectivity index (χ1v) is 16.8. The van der Waals surface area contributed by atoms with Gasteiger partial charge in [0.05, 0.1) is 27.9 Å². The summed E-state index contributed by atoms with van der Waals surface area (Å²) in [4.78, 5) is 0. The number of nitrogens with zero attached hydrogens (tertiary/aromatic N) is 1. The summed E-state index contributed by atoms with van der Waals surface area (Å²) >= 11 is 0. The second-order valence-corrected chi connectivity index (χ2v) is 14.3. The zero-order valence-electron chi connectivity index (χ0n) is 27.5. The molecule has 8 aromatic rings. The molecule has 10 rings (SSSR count). The lowest BCUT2D eigenvalue weighted by Crippen LogP contribution is -2.41. The second-order valence-electron chi connectivity index (χ2n) is 14.3. The molecule has 1 aliphatic heterocycles. The van der Waals surface area contributed by atoms with Crippen molar-refractivity contribution in [2.24, 2.45) is 0 Å². The number of allylic oxidation sites excluding steroid dienone is 1. The molecule has 4 heterocycles. The minimum absolute atomic E-state index is 0.425. The number of benzene rings is 5. The Balaban J connectivity index is 1.20. The number of hydrogen-bond donors (Lipinski definition) is 0. The molecule has 1 fully saturated rings. The summed E-state index contributed by atoms with van der Waals surface area (Å²) in [5, 5.41) is 5.74. The number of rotatable bonds is 3. The molecule has 6 heteroatoms. The molecule has 1 aliphatic carbocycles. The van der Waals surface area contributed by atoms with E-state index in [2.05, 4.69) is 129 Å². The van der Waals surface area contributed by atoms with E-state index >= 15 is 0 Å². The Labute approximate surface area is 278 Å². The van der Waals surface area contributed by atoms with Crippen LogP contribution in [0.5, 0.6) is 0 Å². The van der Waals surface area contributed by atoms with Crippen LogP contribution < -0.4 is 5.46 Å². The van der Waals surface area contributed by atoms with E-state index in [0.717, 1.165) is 90.2 Å². The highest BCUT2D eigenvalue weighted by atomic mass is 16.7. The van der Waals surface area contributed by atoms with Crippen molar-refractivity contribution in [3.05, 3.63) is 114 Å². The molecule has 0 bridgehead atoms. The molecule has 3 aromatic heterocycles. The van der Waals surface area contributed by atoms with Crippen LogP contribution in [0, 0.1) is 0 Å². The Hall–Kier alpha value is -5.04. The summed E-state index contributed by atoms with van der Waals surface area (Å²) in [5.74, 6) is 0.968. The van der Waals surface area contributed by atoms with Crippen molar-refractivity contribution in [1.29, 1.82) is 0 Å². The molecule has 0 N–H and O–H groups in total. The molecule has 5 nitrogen and oxygen atoms in total. The van der Waals surface area contributed by atoms with Crippen molar-refractivity contribution in [3.63, 3.8) is 0 Å². The largest absolute Gasteiger partial charge is 0.494 e. The highest BCUT2D eigenvalue weighted by Crippen LogP contribution is 2.41. The molecular formula is C42H34BNO4. The van der Waals surface area contributed by atoms with Gasteiger partial charge in [-0.1, -0.05) is 60.7 Å². The molecule has 0 radical (unpaired) electrons. The lowest BCUT2D eigenvalue weighted by molar-refractivity contribution is 0.00578. The molecule has 48 heavy (non-hydrogen) atoms. The molecular weight excluding hydrogens is 593 g/mol. The van der Waals surface area contributed by atoms with Gasteiger partial charge in [0, 0.05) is 32.5 Å². The van der Waals surface area contributed by atoms with Gasteiger partial charge in [0.2, 0.25) is 0 Å². The summed E-state index contributed by atoms with van der Waals surface area (Å²) in [7, 11) is -0.455. The fourth-order valence-electron chi connectivity index (χ4n) is 7.67. The predicted octanol–water partition coefficient (Wildman–Crippen LogP) is 10.4. The van der Waals surface area contributed by atoms with E-state index in [1.165, 1.54) is 10.9 Å². The van der Waals surface area contributed by atoms with Gasteiger partial charge in [0.15, 0.2) is 5.58 Å². The maximum Gasteiger partial charge on any atom is 0.494 e. The molecule has 5 aromatic carbocycles. The maximum absolute atomic E-state index is 6.59. The Bertz CT molecular complexity index is 2630. The van der Waals surface area contributed by atoms with Crippen molar-refractivity contribution in [1.82, 2.24) is 4.57 Å². The fourth-order valence-corrected chi connectivity index (χ4v) is 7.67. The maximum atomic E-state index is 6.59. The van der Waals surface area contributed by atoms with Crippen LogP contribution in [-0.4, -0.2) is 22.9 Å². The normalized spacial score (nSPS) is 17.0. The molecule has 234 valence electrons. The van der Waals surface area contributed by atoms with E-state index in [0.29, 0.717) is 0 Å². The number of hydrogen-bond acceptors (Lipinski definition) is 4. The first-order chi connectivity index (χ1) is 23.3. The van der Waals surface area contributed by atoms with E-state index in [-0.39, 0.29) is 0 Å². The SMILES string of the molecule is CC1(C)OB(c2ccc3c(c2)c2cc(-c4ccc5c(c4)oc4ccccc45)ccc2n3-c2cccc3c4c(oc23)C=CCC4)OC1(C)C. The van der Waals surface area contributed by atoms with Crippen molar-refractivity contribution in [2.45, 2.75) is 51.7 Å². The smallest absolute Gasteiger partial charge is 0.456 e. The molecule has 0 saturated carbocycles. The first kappa shape index (κ1) is 28.0. The van der Waals surface area contributed by atoms with Crippen molar-refractivity contribution in [2.75, 3.05) is 0 Å². The van der Waals surface area contributed by atoms with Crippen LogP contribution in [0.25, 0.3) is 77.6 Å². The minimum Gasteiger partial charge on any atom is -0.456 e. The van der Waals surface area contributed by atoms with Gasteiger partial charge in [0.25, 0.3) is 0 Å². The lowest BCUT2D eigenvalue weighted by atomic mass is 9.78. The average Bonchev–Trinajstić information content (AvgIpc) is 3.81. The van der Waals surface area contributed by atoms with E-state index < -0.39 is 18.3 Å². The van der Waals surface area contributed by atoms with Gasteiger partial charge in [-0.05, 0) is 106 Å². The number of para-hydroxylation sites is 2. The van der Waals surface area contributed by atoms with Crippen molar-refractivity contribution < 1.29 is 18.1 Å². The van der Waals surface area contributed by atoms with Crippen LogP contribution in [0.2, 0.25) is 0 Å². The standard InChI is InChI=1S/C42H34BNO4/c1-41(2)42(3,4)48-43(47-41)27-18-21-35-33(24-27)32-22-25(26-16-19-30-28-10-5-7-14-37(28)45-39(30)23-26)17-20-34(32)44(35)36-13-9-12-31-29-11-6-8-15-38(29)46-40(31)36/h5,7-10,12-24H,6,11H2,1-4H3. The number of fused-ring (bicyclic) bond motifs is 9. The summed E-state index contributed by atoms with van der Waals surface area (Å²) < 4.78 is 28.2. The van der Waals surface area contributed by atoms with E-state index in [1.54, 1.807) is 0 Å². The van der Waals surface area contributed by atoms with Gasteiger partial charge in [-0.15, -0.1) is 0 Å². The summed E-state index contributed by atoms with van der Waals surface area (Å²) in [5.41, 5.74) is 9.65. The summed E-state index contributed by atoms with van der Waals surface area (Å²) in [6.07, 6.45) is 6.35. The zero-order chi connectivity index (χ0) is 32.4. The topological polar surface area (TPSA) is 49.7 Å². The quantitative estimate of drug-likeness (QED) is 0.183. The highest BCUT2D eigenvalue weighted by Gasteiger charge is 2.51. The Morgan fingerprint density at radius 3 is 2.19 bits per heavy atom. The zero-order valence-corrected chi connectivity index (χ0v) is 27.5. The van der Waals surface area contributed by atoms with Crippen LogP contribution in [0.4, 0.5) is 0 Å². The number of furan rings is 2. The third-order valence-electron chi connectivity index (χ3n) is 10.9. The minimum atomic E-state index is -0.455. The van der Waals surface area contributed by atoms with Crippen LogP contribution in [0.15, 0.2) is 112 Å². The van der Waals surface area contributed by atoms with Crippen molar-refractivity contribution in [3.8, 4) is 16.8 Å². The molecule has 0 atom stereocenters. The molecule has 2 aliphatic rings. The average molecular weight is 628 g/mol. The Kier molecular flexibility index (Phi) is 5.69. The molecule has 1 saturated heterocycles. The van der Waals surface area contributed by atoms with E-state index in [4.69, 9.17) is 18.1 Å². The van der Waals surface area contributed by atoms with E-state index in [1.807, 2.05) is 12.1 Å². The van der Waals surface area contributed by atoms with Gasteiger partial charge in [-0.2, -0.15) is 0 Å². The third-order valence-corrected chi connectivity index (χ3v) is 10.9. The number of aromatic nitrogens is 1.